The summed E-state index contributed by atoms with van der Waals surface area (Å²) < 4.78 is 43.9. The maximum atomic E-state index is 12.7. The van der Waals surface area contributed by atoms with Gasteiger partial charge in [-0.15, -0.1) is 0 Å². The topological polar surface area (TPSA) is 21.3 Å². The molecular weight excluding hydrogens is 267 g/mol. The average Bonchev–Trinajstić information content (AvgIpc) is 2.46. The SMILES string of the molecule is FC(F)(F)c1cccc([C@@H]2CNc3ccccc3O2)c1. The van der Waals surface area contributed by atoms with Crippen molar-refractivity contribution in [2.75, 3.05) is 11.9 Å². The van der Waals surface area contributed by atoms with Crippen LogP contribution < -0.4 is 10.1 Å². The molecule has 0 saturated heterocycles. The fraction of sp³-hybridized carbons (Fsp3) is 0.200. The molecule has 3 rings (SSSR count). The molecule has 1 aliphatic rings. The number of para-hydroxylation sites is 2. The van der Waals surface area contributed by atoms with Crippen LogP contribution in [0, 0.1) is 0 Å². The number of anilines is 1. The van der Waals surface area contributed by atoms with E-state index in [1.165, 1.54) is 6.07 Å². The number of rotatable bonds is 1. The van der Waals surface area contributed by atoms with Gasteiger partial charge in [-0.2, -0.15) is 13.2 Å². The molecular formula is C15H12F3NO. The maximum absolute atomic E-state index is 12.7. The summed E-state index contributed by atoms with van der Waals surface area (Å²) >= 11 is 0. The van der Waals surface area contributed by atoms with E-state index in [0.29, 0.717) is 17.9 Å². The summed E-state index contributed by atoms with van der Waals surface area (Å²) in [7, 11) is 0. The molecule has 2 aromatic rings. The molecule has 0 saturated carbocycles. The fourth-order valence-corrected chi connectivity index (χ4v) is 2.21. The van der Waals surface area contributed by atoms with Crippen LogP contribution in [-0.4, -0.2) is 6.54 Å². The minimum atomic E-state index is -4.34. The molecule has 1 heterocycles. The van der Waals surface area contributed by atoms with Gasteiger partial charge in [0.05, 0.1) is 17.8 Å². The van der Waals surface area contributed by atoms with Gasteiger partial charge in [-0.1, -0.05) is 24.3 Å². The molecule has 1 atom stereocenters. The highest BCUT2D eigenvalue weighted by molar-refractivity contribution is 5.58. The quantitative estimate of drug-likeness (QED) is 0.842. The smallest absolute Gasteiger partial charge is 0.416 e. The molecule has 2 nitrogen and oxygen atoms in total. The standard InChI is InChI=1S/C15H12F3NO/c16-15(17,18)11-5-3-4-10(8-11)14-9-19-12-6-1-2-7-13(12)20-14/h1-8,14,19H,9H2/t14-/m0/s1. The average molecular weight is 279 g/mol. The van der Waals surface area contributed by atoms with E-state index in [4.69, 9.17) is 4.74 Å². The van der Waals surface area contributed by atoms with E-state index in [9.17, 15) is 13.2 Å². The van der Waals surface area contributed by atoms with Crippen molar-refractivity contribution in [2.45, 2.75) is 12.3 Å². The summed E-state index contributed by atoms with van der Waals surface area (Å²) in [5, 5.41) is 3.16. The van der Waals surface area contributed by atoms with Crippen molar-refractivity contribution < 1.29 is 17.9 Å². The Morgan fingerprint density at radius 3 is 2.65 bits per heavy atom. The Labute approximate surface area is 114 Å². The lowest BCUT2D eigenvalue weighted by Crippen LogP contribution is -2.23. The summed E-state index contributed by atoms with van der Waals surface area (Å²) in [6.07, 6.45) is -4.76. The summed E-state index contributed by atoms with van der Waals surface area (Å²) in [6, 6.07) is 12.6. The van der Waals surface area contributed by atoms with E-state index in [0.717, 1.165) is 17.8 Å². The molecule has 0 radical (unpaired) electrons. The Kier molecular flexibility index (Phi) is 3.04. The van der Waals surface area contributed by atoms with E-state index in [-0.39, 0.29) is 0 Å². The van der Waals surface area contributed by atoms with E-state index in [1.807, 2.05) is 18.2 Å². The van der Waals surface area contributed by atoms with Crippen LogP contribution in [0.3, 0.4) is 0 Å². The van der Waals surface area contributed by atoms with Crippen molar-refractivity contribution in [3.8, 4) is 5.75 Å². The monoisotopic (exact) mass is 279 g/mol. The number of nitrogens with one attached hydrogen (secondary N) is 1. The third-order valence-electron chi connectivity index (χ3n) is 3.22. The minimum Gasteiger partial charge on any atom is -0.482 e. The molecule has 0 aromatic heterocycles. The summed E-state index contributed by atoms with van der Waals surface area (Å²) in [4.78, 5) is 0. The first-order valence-corrected chi connectivity index (χ1v) is 6.21. The van der Waals surface area contributed by atoms with Crippen LogP contribution in [0.4, 0.5) is 18.9 Å². The Morgan fingerprint density at radius 2 is 1.85 bits per heavy atom. The van der Waals surface area contributed by atoms with E-state index in [1.54, 1.807) is 12.1 Å². The lowest BCUT2D eigenvalue weighted by molar-refractivity contribution is -0.137. The van der Waals surface area contributed by atoms with Crippen molar-refractivity contribution in [2.24, 2.45) is 0 Å². The number of fused-ring (bicyclic) bond motifs is 1. The van der Waals surface area contributed by atoms with E-state index < -0.39 is 17.8 Å². The second-order valence-corrected chi connectivity index (χ2v) is 4.61. The van der Waals surface area contributed by atoms with Gasteiger partial charge >= 0.3 is 6.18 Å². The van der Waals surface area contributed by atoms with Crippen LogP contribution in [-0.2, 0) is 6.18 Å². The molecule has 0 fully saturated rings. The number of hydrogen-bond donors (Lipinski definition) is 1. The third kappa shape index (κ3) is 2.43. The van der Waals surface area contributed by atoms with Gasteiger partial charge in [0.2, 0.25) is 0 Å². The van der Waals surface area contributed by atoms with Gasteiger partial charge in [-0.25, -0.2) is 0 Å². The second kappa shape index (κ2) is 4.74. The molecule has 0 bridgehead atoms. The normalized spacial score (nSPS) is 17.9. The Balaban J connectivity index is 1.88. The summed E-state index contributed by atoms with van der Waals surface area (Å²) in [6.45, 7) is 0.443. The Morgan fingerprint density at radius 1 is 1.05 bits per heavy atom. The highest BCUT2D eigenvalue weighted by atomic mass is 19.4. The number of hydrogen-bond acceptors (Lipinski definition) is 2. The Bertz CT molecular complexity index is 625. The highest BCUT2D eigenvalue weighted by Crippen LogP contribution is 2.36. The zero-order chi connectivity index (χ0) is 14.2. The van der Waals surface area contributed by atoms with Gasteiger partial charge in [0.25, 0.3) is 0 Å². The van der Waals surface area contributed by atoms with Crippen molar-refractivity contribution in [3.05, 3.63) is 59.7 Å². The number of ether oxygens (including phenoxy) is 1. The van der Waals surface area contributed by atoms with Gasteiger partial charge in [0.1, 0.15) is 11.9 Å². The minimum absolute atomic E-state index is 0.424. The summed E-state index contributed by atoms with van der Waals surface area (Å²) in [5.41, 5.74) is 0.718. The molecule has 1 aliphatic heterocycles. The van der Waals surface area contributed by atoms with Crippen LogP contribution in [0.15, 0.2) is 48.5 Å². The van der Waals surface area contributed by atoms with Gasteiger partial charge in [0.15, 0.2) is 0 Å². The first-order chi connectivity index (χ1) is 9.54. The highest BCUT2D eigenvalue weighted by Gasteiger charge is 2.31. The molecule has 20 heavy (non-hydrogen) atoms. The van der Waals surface area contributed by atoms with Crippen molar-refractivity contribution >= 4 is 5.69 Å². The largest absolute Gasteiger partial charge is 0.482 e. The van der Waals surface area contributed by atoms with Crippen molar-refractivity contribution in [1.29, 1.82) is 0 Å². The molecule has 104 valence electrons. The predicted molar refractivity (Wildman–Crippen MR) is 69.7 cm³/mol. The van der Waals surface area contributed by atoms with Gasteiger partial charge in [-0.3, -0.25) is 0 Å². The molecule has 1 N–H and O–H groups in total. The van der Waals surface area contributed by atoms with Gasteiger partial charge in [-0.05, 0) is 29.8 Å². The van der Waals surface area contributed by atoms with E-state index in [2.05, 4.69) is 5.32 Å². The first-order valence-electron chi connectivity index (χ1n) is 6.21. The van der Waals surface area contributed by atoms with Gasteiger partial charge in [0, 0.05) is 0 Å². The van der Waals surface area contributed by atoms with Crippen LogP contribution in [0.5, 0.6) is 5.75 Å². The zero-order valence-corrected chi connectivity index (χ0v) is 10.4. The number of halogens is 3. The molecule has 0 amide bonds. The molecule has 5 heteroatoms. The number of alkyl halides is 3. The van der Waals surface area contributed by atoms with Crippen molar-refractivity contribution in [3.63, 3.8) is 0 Å². The molecule has 0 spiro atoms. The van der Waals surface area contributed by atoms with Gasteiger partial charge < -0.3 is 10.1 Å². The number of benzene rings is 2. The molecule has 2 aromatic carbocycles. The third-order valence-corrected chi connectivity index (χ3v) is 3.22. The van der Waals surface area contributed by atoms with Crippen LogP contribution >= 0.6 is 0 Å². The lowest BCUT2D eigenvalue weighted by atomic mass is 10.0. The maximum Gasteiger partial charge on any atom is 0.416 e. The fourth-order valence-electron chi connectivity index (χ4n) is 2.21. The zero-order valence-electron chi connectivity index (χ0n) is 10.4. The Hall–Kier alpha value is -2.17. The first kappa shape index (κ1) is 12.8. The lowest BCUT2D eigenvalue weighted by Gasteiger charge is -2.28. The second-order valence-electron chi connectivity index (χ2n) is 4.61. The van der Waals surface area contributed by atoms with Crippen LogP contribution in [0.1, 0.15) is 17.2 Å². The van der Waals surface area contributed by atoms with Crippen LogP contribution in [0.2, 0.25) is 0 Å². The van der Waals surface area contributed by atoms with E-state index >= 15 is 0 Å². The summed E-state index contributed by atoms with van der Waals surface area (Å²) in [5.74, 6) is 0.654. The van der Waals surface area contributed by atoms with Crippen molar-refractivity contribution in [1.82, 2.24) is 0 Å². The van der Waals surface area contributed by atoms with Crippen LogP contribution in [0.25, 0.3) is 0 Å². The predicted octanol–water partition coefficient (Wildman–Crippen LogP) is 4.25. The molecule has 0 aliphatic carbocycles. The molecule has 0 unspecified atom stereocenters.